The molecule has 1 amide bonds. The first-order valence-electron chi connectivity index (χ1n) is 7.29. The molecule has 2 aromatic rings. The van der Waals surface area contributed by atoms with Gasteiger partial charge < -0.3 is 10.6 Å². The molecule has 1 aromatic carbocycles. The summed E-state index contributed by atoms with van der Waals surface area (Å²) in [6.45, 7) is 1.81. The highest BCUT2D eigenvalue weighted by molar-refractivity contribution is 5.94. The molecular formula is C17H19N3O. The molecule has 1 aromatic heterocycles. The number of nitrogens with zero attached hydrogens (tertiary/aromatic N) is 2. The van der Waals surface area contributed by atoms with E-state index in [1.165, 1.54) is 11.1 Å². The van der Waals surface area contributed by atoms with Crippen LogP contribution in [0.5, 0.6) is 0 Å². The number of fused-ring (bicyclic) bond motifs is 1. The fourth-order valence-electron chi connectivity index (χ4n) is 2.78. The van der Waals surface area contributed by atoms with Crippen LogP contribution in [0.1, 0.15) is 33.6 Å². The zero-order chi connectivity index (χ0) is 14.7. The number of hydrogen-bond donors (Lipinski definition) is 1. The zero-order valence-electron chi connectivity index (χ0n) is 12.0. The predicted octanol–water partition coefficient (Wildman–Crippen LogP) is 2.13. The summed E-state index contributed by atoms with van der Waals surface area (Å²) in [6, 6.07) is 11.9. The van der Waals surface area contributed by atoms with Gasteiger partial charge in [-0.25, -0.2) is 0 Å². The minimum absolute atomic E-state index is 0.0591. The first kappa shape index (κ1) is 13.8. The average molecular weight is 281 g/mol. The van der Waals surface area contributed by atoms with Crippen molar-refractivity contribution in [2.75, 3.05) is 6.54 Å². The van der Waals surface area contributed by atoms with Crippen LogP contribution in [0.3, 0.4) is 0 Å². The Morgan fingerprint density at radius 3 is 2.86 bits per heavy atom. The first-order valence-corrected chi connectivity index (χ1v) is 7.29. The number of hydrogen-bond acceptors (Lipinski definition) is 3. The molecule has 4 nitrogen and oxygen atoms in total. The van der Waals surface area contributed by atoms with Crippen LogP contribution in [0.15, 0.2) is 42.6 Å². The van der Waals surface area contributed by atoms with Gasteiger partial charge in [0.15, 0.2) is 0 Å². The van der Waals surface area contributed by atoms with Crippen molar-refractivity contribution in [1.82, 2.24) is 9.88 Å². The summed E-state index contributed by atoms with van der Waals surface area (Å²) < 4.78 is 0. The molecule has 108 valence electrons. The van der Waals surface area contributed by atoms with E-state index in [1.54, 1.807) is 18.3 Å². The molecular weight excluding hydrogens is 262 g/mol. The standard InChI is InChI=1S/C17H19N3O/c18-11-16-10-14(7-8-19-16)17(21)20-9-3-6-13-4-1-2-5-15(13)12-20/h1-2,4-5,7-8,10H,3,6,9,11-12,18H2. The molecule has 0 bridgehead atoms. The van der Waals surface area contributed by atoms with Crippen molar-refractivity contribution >= 4 is 5.91 Å². The Morgan fingerprint density at radius 1 is 1.24 bits per heavy atom. The third kappa shape index (κ3) is 2.95. The maximum absolute atomic E-state index is 12.7. The van der Waals surface area contributed by atoms with Crippen molar-refractivity contribution in [2.24, 2.45) is 5.73 Å². The van der Waals surface area contributed by atoms with E-state index in [9.17, 15) is 4.79 Å². The van der Waals surface area contributed by atoms with Crippen LogP contribution < -0.4 is 5.73 Å². The van der Waals surface area contributed by atoms with E-state index in [1.807, 2.05) is 11.0 Å². The summed E-state index contributed by atoms with van der Waals surface area (Å²) in [5, 5.41) is 0. The molecule has 0 radical (unpaired) electrons. The van der Waals surface area contributed by atoms with Gasteiger partial charge in [0.05, 0.1) is 5.69 Å². The van der Waals surface area contributed by atoms with E-state index < -0.39 is 0 Å². The normalized spacial score (nSPS) is 14.4. The third-order valence-corrected chi connectivity index (χ3v) is 3.91. The maximum atomic E-state index is 12.7. The number of pyridine rings is 1. The average Bonchev–Trinajstić information content (AvgIpc) is 2.76. The summed E-state index contributed by atoms with van der Waals surface area (Å²) >= 11 is 0. The summed E-state index contributed by atoms with van der Waals surface area (Å²) in [7, 11) is 0. The van der Waals surface area contributed by atoms with E-state index in [4.69, 9.17) is 5.73 Å². The second-order valence-corrected chi connectivity index (χ2v) is 5.34. The first-order chi connectivity index (χ1) is 10.3. The second kappa shape index (κ2) is 6.06. The SMILES string of the molecule is NCc1cc(C(=O)N2CCCc3ccccc3C2)ccn1. The molecule has 4 heteroatoms. The molecule has 2 N–H and O–H groups in total. The van der Waals surface area contributed by atoms with Gasteiger partial charge in [-0.15, -0.1) is 0 Å². The van der Waals surface area contributed by atoms with Crippen molar-refractivity contribution in [2.45, 2.75) is 25.9 Å². The summed E-state index contributed by atoms with van der Waals surface area (Å²) in [4.78, 5) is 18.8. The Labute approximate surface area is 124 Å². The molecule has 0 aliphatic carbocycles. The van der Waals surface area contributed by atoms with Gasteiger partial charge in [-0.05, 0) is 36.1 Å². The Morgan fingerprint density at radius 2 is 2.05 bits per heavy atom. The molecule has 0 fully saturated rings. The van der Waals surface area contributed by atoms with E-state index in [0.717, 1.165) is 25.1 Å². The van der Waals surface area contributed by atoms with Crippen LogP contribution in [-0.2, 0) is 19.5 Å². The Hall–Kier alpha value is -2.20. The summed E-state index contributed by atoms with van der Waals surface area (Å²) in [5.41, 5.74) is 9.61. The van der Waals surface area contributed by atoms with Gasteiger partial charge >= 0.3 is 0 Å². The molecule has 0 unspecified atom stereocenters. The van der Waals surface area contributed by atoms with Crippen molar-refractivity contribution in [3.05, 3.63) is 65.0 Å². The van der Waals surface area contributed by atoms with Gasteiger partial charge in [0.1, 0.15) is 0 Å². The van der Waals surface area contributed by atoms with Crippen LogP contribution in [0.25, 0.3) is 0 Å². The van der Waals surface area contributed by atoms with E-state index in [-0.39, 0.29) is 5.91 Å². The molecule has 0 atom stereocenters. The number of carbonyl (C=O) groups is 1. The van der Waals surface area contributed by atoms with E-state index >= 15 is 0 Å². The fraction of sp³-hybridized carbons (Fsp3) is 0.294. The molecule has 0 saturated heterocycles. The second-order valence-electron chi connectivity index (χ2n) is 5.34. The number of benzene rings is 1. The highest BCUT2D eigenvalue weighted by Gasteiger charge is 2.20. The topological polar surface area (TPSA) is 59.2 Å². The molecule has 0 saturated carbocycles. The largest absolute Gasteiger partial charge is 0.334 e. The van der Waals surface area contributed by atoms with Crippen LogP contribution in [-0.4, -0.2) is 22.3 Å². The smallest absolute Gasteiger partial charge is 0.254 e. The quantitative estimate of drug-likeness (QED) is 0.917. The highest BCUT2D eigenvalue weighted by atomic mass is 16.2. The molecule has 1 aliphatic rings. The van der Waals surface area contributed by atoms with Gasteiger partial charge in [0.25, 0.3) is 5.91 Å². The summed E-state index contributed by atoms with van der Waals surface area (Å²) in [5.74, 6) is 0.0591. The molecule has 3 rings (SSSR count). The van der Waals surface area contributed by atoms with Crippen molar-refractivity contribution in [3.63, 3.8) is 0 Å². The summed E-state index contributed by atoms with van der Waals surface area (Å²) in [6.07, 6.45) is 3.68. The van der Waals surface area contributed by atoms with E-state index in [0.29, 0.717) is 18.7 Å². The van der Waals surface area contributed by atoms with E-state index in [2.05, 4.69) is 23.2 Å². The molecule has 2 heterocycles. The highest BCUT2D eigenvalue weighted by Crippen LogP contribution is 2.20. The van der Waals surface area contributed by atoms with Crippen LogP contribution in [0.4, 0.5) is 0 Å². The number of aromatic nitrogens is 1. The fourth-order valence-corrected chi connectivity index (χ4v) is 2.78. The Bertz CT molecular complexity index is 654. The van der Waals surface area contributed by atoms with Crippen molar-refractivity contribution in [1.29, 1.82) is 0 Å². The third-order valence-electron chi connectivity index (χ3n) is 3.91. The van der Waals surface area contributed by atoms with Gasteiger partial charge in [-0.2, -0.15) is 0 Å². The monoisotopic (exact) mass is 281 g/mol. The van der Waals surface area contributed by atoms with Gasteiger partial charge in [-0.3, -0.25) is 9.78 Å². The van der Waals surface area contributed by atoms with Crippen LogP contribution in [0, 0.1) is 0 Å². The maximum Gasteiger partial charge on any atom is 0.254 e. The Kier molecular flexibility index (Phi) is 3.97. The molecule has 1 aliphatic heterocycles. The van der Waals surface area contributed by atoms with Gasteiger partial charge in [0, 0.05) is 31.4 Å². The minimum atomic E-state index is 0.0591. The number of rotatable bonds is 2. The number of aryl methyl sites for hydroxylation is 1. The zero-order valence-corrected chi connectivity index (χ0v) is 12.0. The predicted molar refractivity (Wildman–Crippen MR) is 81.6 cm³/mol. The van der Waals surface area contributed by atoms with Crippen LogP contribution >= 0.6 is 0 Å². The Balaban J connectivity index is 1.84. The van der Waals surface area contributed by atoms with Crippen LogP contribution in [0.2, 0.25) is 0 Å². The lowest BCUT2D eigenvalue weighted by molar-refractivity contribution is 0.0745. The van der Waals surface area contributed by atoms with Crippen molar-refractivity contribution < 1.29 is 4.79 Å². The lowest BCUT2D eigenvalue weighted by Gasteiger charge is -2.21. The number of amides is 1. The lowest BCUT2D eigenvalue weighted by atomic mass is 10.0. The van der Waals surface area contributed by atoms with Gasteiger partial charge in [0.2, 0.25) is 0 Å². The number of nitrogens with two attached hydrogens (primary N) is 1. The van der Waals surface area contributed by atoms with Gasteiger partial charge in [-0.1, -0.05) is 24.3 Å². The molecule has 0 spiro atoms. The lowest BCUT2D eigenvalue weighted by Crippen LogP contribution is -2.30. The van der Waals surface area contributed by atoms with Crippen molar-refractivity contribution in [3.8, 4) is 0 Å². The minimum Gasteiger partial charge on any atom is -0.334 e. The molecule has 21 heavy (non-hydrogen) atoms. The number of carbonyl (C=O) groups excluding carboxylic acids is 1.